The molecule has 2 aliphatic heterocycles. The molecule has 2 saturated heterocycles. The minimum absolute atomic E-state index is 0.0753. The molecule has 0 amide bonds. The van der Waals surface area contributed by atoms with Crippen LogP contribution in [0.25, 0.3) is 10.9 Å². The molecule has 0 unspecified atom stereocenters. The van der Waals surface area contributed by atoms with Crippen LogP contribution in [0.1, 0.15) is 29.2 Å². The second-order valence-corrected chi connectivity index (χ2v) is 8.69. The summed E-state index contributed by atoms with van der Waals surface area (Å²) < 4.78 is 41.9. The summed E-state index contributed by atoms with van der Waals surface area (Å²) >= 11 is 0. The van der Waals surface area contributed by atoms with E-state index in [9.17, 15) is 19.1 Å². The van der Waals surface area contributed by atoms with E-state index in [1.54, 1.807) is 4.90 Å². The number of halogens is 2. The summed E-state index contributed by atoms with van der Waals surface area (Å²) in [5.74, 6) is -1.98. The van der Waals surface area contributed by atoms with Crippen LogP contribution in [0, 0.1) is 11.7 Å². The molecule has 2 aromatic rings. The van der Waals surface area contributed by atoms with Crippen LogP contribution >= 0.6 is 0 Å². The number of hydrogen-bond donors (Lipinski definition) is 2. The first kappa shape index (κ1) is 20.2. The Morgan fingerprint density at radius 1 is 1.45 bits per heavy atom. The molecule has 3 fully saturated rings. The molecule has 0 bridgehead atoms. The minimum Gasteiger partial charge on any atom is -0.492 e. The third-order valence-corrected chi connectivity index (χ3v) is 6.71. The standard InChI is InChI=1S/C21H23F2N3O5/c1-30-19-16-11(18(27)12(20(28)29)7-26(16)15-5-13(15)22)4-14(23)17(19)25-6-10-2-3-31-9-21(10,24)8-25/h4,7,10,13,15H,2-3,5-6,8-9,24H2,1H3,(H,28,29)/t10-,13+,15-,21+/m1/s1. The maximum absolute atomic E-state index is 15.4. The highest BCUT2D eigenvalue weighted by Gasteiger charge is 2.47. The number of benzene rings is 1. The molecule has 5 rings (SSSR count). The van der Waals surface area contributed by atoms with Gasteiger partial charge in [-0.3, -0.25) is 4.79 Å². The van der Waals surface area contributed by atoms with Gasteiger partial charge in [0.05, 0.1) is 36.2 Å². The first-order valence-electron chi connectivity index (χ1n) is 10.2. The van der Waals surface area contributed by atoms with E-state index >= 15 is 4.39 Å². The Hall–Kier alpha value is -2.72. The number of alkyl halides is 1. The van der Waals surface area contributed by atoms with Crippen LogP contribution < -0.4 is 20.8 Å². The number of ether oxygens (including phenoxy) is 2. The zero-order valence-corrected chi connectivity index (χ0v) is 16.9. The summed E-state index contributed by atoms with van der Waals surface area (Å²) in [5.41, 5.74) is 4.86. The Labute approximate surface area is 176 Å². The highest BCUT2D eigenvalue weighted by atomic mass is 19.1. The molecule has 8 nitrogen and oxygen atoms in total. The molecule has 1 aromatic carbocycles. The lowest BCUT2D eigenvalue weighted by molar-refractivity contribution is 0.0203. The smallest absolute Gasteiger partial charge is 0.341 e. The van der Waals surface area contributed by atoms with Gasteiger partial charge in [0.15, 0.2) is 11.6 Å². The quantitative estimate of drug-likeness (QED) is 0.753. The van der Waals surface area contributed by atoms with E-state index in [0.29, 0.717) is 26.3 Å². The van der Waals surface area contributed by atoms with Crippen molar-refractivity contribution in [1.29, 1.82) is 0 Å². The van der Waals surface area contributed by atoms with Gasteiger partial charge in [-0.25, -0.2) is 13.6 Å². The topological polar surface area (TPSA) is 107 Å². The fourth-order valence-corrected chi connectivity index (χ4v) is 4.98. The normalized spacial score (nSPS) is 29.8. The van der Waals surface area contributed by atoms with Crippen molar-refractivity contribution in [2.24, 2.45) is 11.7 Å². The number of fused-ring (bicyclic) bond motifs is 2. The number of nitrogens with two attached hydrogens (primary N) is 1. The van der Waals surface area contributed by atoms with Gasteiger partial charge in [0.1, 0.15) is 17.4 Å². The van der Waals surface area contributed by atoms with Gasteiger partial charge in [-0.15, -0.1) is 0 Å². The number of hydrogen-bond acceptors (Lipinski definition) is 6. The molecule has 0 spiro atoms. The van der Waals surface area contributed by atoms with Gasteiger partial charge in [-0.1, -0.05) is 0 Å². The summed E-state index contributed by atoms with van der Waals surface area (Å²) in [6.07, 6.45) is 0.887. The first-order chi connectivity index (χ1) is 14.7. The van der Waals surface area contributed by atoms with Gasteiger partial charge in [0.25, 0.3) is 0 Å². The van der Waals surface area contributed by atoms with Crippen molar-refractivity contribution in [2.75, 3.05) is 38.3 Å². The predicted octanol–water partition coefficient (Wildman–Crippen LogP) is 1.68. The summed E-state index contributed by atoms with van der Waals surface area (Å²) in [7, 11) is 1.35. The van der Waals surface area contributed by atoms with Crippen LogP contribution in [0.15, 0.2) is 17.1 Å². The van der Waals surface area contributed by atoms with Crippen LogP contribution in [-0.4, -0.2) is 60.8 Å². The molecule has 3 heterocycles. The third kappa shape index (κ3) is 3.00. The van der Waals surface area contributed by atoms with Crippen molar-refractivity contribution in [3.63, 3.8) is 0 Å². The third-order valence-electron chi connectivity index (χ3n) is 6.71. The zero-order valence-electron chi connectivity index (χ0n) is 16.9. The van der Waals surface area contributed by atoms with Gasteiger partial charge in [-0.2, -0.15) is 0 Å². The van der Waals surface area contributed by atoms with Crippen molar-refractivity contribution < 1.29 is 28.2 Å². The fourth-order valence-electron chi connectivity index (χ4n) is 4.98. The summed E-state index contributed by atoms with van der Waals surface area (Å²) in [6.45, 7) is 1.78. The molecule has 10 heteroatoms. The molecule has 3 aliphatic rings. The van der Waals surface area contributed by atoms with Crippen molar-refractivity contribution >= 4 is 22.6 Å². The number of rotatable bonds is 4. The Balaban J connectivity index is 1.74. The zero-order chi connectivity index (χ0) is 22.1. The lowest BCUT2D eigenvalue weighted by Gasteiger charge is -2.34. The maximum atomic E-state index is 15.4. The molecule has 3 N–H and O–H groups in total. The van der Waals surface area contributed by atoms with Crippen LogP contribution in [0.4, 0.5) is 14.5 Å². The molecular weight excluding hydrogens is 412 g/mol. The maximum Gasteiger partial charge on any atom is 0.341 e. The van der Waals surface area contributed by atoms with E-state index < -0.39 is 40.5 Å². The lowest BCUT2D eigenvalue weighted by atomic mass is 9.85. The van der Waals surface area contributed by atoms with Crippen molar-refractivity contribution in [3.8, 4) is 5.75 Å². The van der Waals surface area contributed by atoms with E-state index in [-0.39, 0.29) is 34.7 Å². The van der Waals surface area contributed by atoms with Gasteiger partial charge < -0.3 is 29.8 Å². The van der Waals surface area contributed by atoms with E-state index in [2.05, 4.69) is 0 Å². The number of anilines is 1. The van der Waals surface area contributed by atoms with E-state index in [1.165, 1.54) is 11.7 Å². The predicted molar refractivity (Wildman–Crippen MR) is 108 cm³/mol. The fraction of sp³-hybridized carbons (Fsp3) is 0.524. The molecule has 0 radical (unpaired) electrons. The van der Waals surface area contributed by atoms with Crippen LogP contribution in [0.5, 0.6) is 5.75 Å². The monoisotopic (exact) mass is 435 g/mol. The number of aromatic carboxylic acids is 1. The summed E-state index contributed by atoms with van der Waals surface area (Å²) in [4.78, 5) is 26.2. The van der Waals surface area contributed by atoms with Gasteiger partial charge in [0.2, 0.25) is 5.43 Å². The Morgan fingerprint density at radius 3 is 2.81 bits per heavy atom. The summed E-state index contributed by atoms with van der Waals surface area (Å²) in [5, 5.41) is 9.27. The summed E-state index contributed by atoms with van der Waals surface area (Å²) in [6, 6.07) is 0.388. The second-order valence-electron chi connectivity index (χ2n) is 8.69. The van der Waals surface area contributed by atoms with Crippen molar-refractivity contribution in [1.82, 2.24) is 4.57 Å². The highest BCUT2D eigenvalue weighted by Crippen LogP contribution is 2.47. The Bertz CT molecular complexity index is 1150. The minimum atomic E-state index is -1.45. The molecule has 1 aliphatic carbocycles. The molecule has 1 aromatic heterocycles. The van der Waals surface area contributed by atoms with Crippen LogP contribution in [0.2, 0.25) is 0 Å². The number of carboxylic acid groups (broad SMARTS) is 1. The average Bonchev–Trinajstić information content (AvgIpc) is 3.33. The van der Waals surface area contributed by atoms with Gasteiger partial charge in [0, 0.05) is 38.2 Å². The molecule has 1 saturated carbocycles. The molecule has 4 atom stereocenters. The van der Waals surface area contributed by atoms with Crippen LogP contribution in [0.3, 0.4) is 0 Å². The molecule has 31 heavy (non-hydrogen) atoms. The van der Waals surface area contributed by atoms with Gasteiger partial charge >= 0.3 is 5.97 Å². The Morgan fingerprint density at radius 2 is 2.19 bits per heavy atom. The Kier molecular flexibility index (Phi) is 4.49. The number of carbonyl (C=O) groups is 1. The van der Waals surface area contributed by atoms with E-state index in [4.69, 9.17) is 15.2 Å². The number of aromatic nitrogens is 1. The lowest BCUT2D eigenvalue weighted by Crippen LogP contribution is -2.54. The van der Waals surface area contributed by atoms with Crippen molar-refractivity contribution in [2.45, 2.75) is 30.6 Å². The van der Waals surface area contributed by atoms with Crippen molar-refractivity contribution in [3.05, 3.63) is 33.9 Å². The average molecular weight is 435 g/mol. The van der Waals surface area contributed by atoms with Gasteiger partial charge in [-0.05, 0) is 12.5 Å². The number of methoxy groups -OCH3 is 1. The number of nitrogens with zero attached hydrogens (tertiary/aromatic N) is 2. The highest BCUT2D eigenvalue weighted by molar-refractivity contribution is 5.97. The molecule has 166 valence electrons. The molecular formula is C21H23F2N3O5. The van der Waals surface area contributed by atoms with Crippen LogP contribution in [-0.2, 0) is 4.74 Å². The van der Waals surface area contributed by atoms with E-state index in [0.717, 1.165) is 18.7 Å². The number of carboxylic acids is 1. The first-order valence-corrected chi connectivity index (χ1v) is 10.2. The largest absolute Gasteiger partial charge is 0.492 e. The van der Waals surface area contributed by atoms with E-state index in [1.807, 2.05) is 0 Å². The second kappa shape index (κ2) is 6.89. The SMILES string of the molecule is COc1c(N2C[C@H]3CCOC[C@@]3(N)C2)c(F)cc2c(=O)c(C(=O)O)cn([C@@H]3C[C@@H]3F)c12. The number of pyridine rings is 1.